The van der Waals surface area contributed by atoms with Crippen LogP contribution >= 0.6 is 27.5 Å². The van der Waals surface area contributed by atoms with Crippen LogP contribution in [-0.4, -0.2) is 22.2 Å². The molecule has 0 fully saturated rings. The molecule has 0 bridgehead atoms. The molecule has 1 rings (SSSR count). The molecule has 0 aliphatic carbocycles. The van der Waals surface area contributed by atoms with E-state index in [2.05, 4.69) is 15.9 Å². The average Bonchev–Trinajstić information content (AvgIpc) is 2.26. The first-order valence-corrected chi connectivity index (χ1v) is 6.03. The van der Waals surface area contributed by atoms with Crippen molar-refractivity contribution in [1.29, 1.82) is 0 Å². The third kappa shape index (κ3) is 3.98. The molecule has 0 saturated heterocycles. The Morgan fingerprint density at radius 2 is 2.12 bits per heavy atom. The van der Waals surface area contributed by atoms with Gasteiger partial charge in [-0.15, -0.1) is 11.6 Å². The summed E-state index contributed by atoms with van der Waals surface area (Å²) in [5.41, 5.74) is 1.18. The molecule has 0 saturated carbocycles. The summed E-state index contributed by atoms with van der Waals surface area (Å²) in [6.07, 6.45) is 2.48. The average molecular weight is 318 g/mol. The predicted molar refractivity (Wildman–Crippen MR) is 70.5 cm³/mol. The third-order valence-corrected chi connectivity index (χ3v) is 2.94. The van der Waals surface area contributed by atoms with Gasteiger partial charge in [0.05, 0.1) is 5.38 Å². The van der Waals surface area contributed by atoms with Gasteiger partial charge in [0.15, 0.2) is 5.78 Å². The zero-order valence-electron chi connectivity index (χ0n) is 8.98. The fourth-order valence-electron chi connectivity index (χ4n) is 1.21. The zero-order valence-corrected chi connectivity index (χ0v) is 11.3. The van der Waals surface area contributed by atoms with Gasteiger partial charge in [-0.2, -0.15) is 0 Å². The van der Waals surface area contributed by atoms with E-state index < -0.39 is 11.3 Å². The monoisotopic (exact) mass is 316 g/mol. The van der Waals surface area contributed by atoms with E-state index in [0.717, 1.165) is 6.08 Å². The van der Waals surface area contributed by atoms with E-state index in [1.54, 1.807) is 25.1 Å². The number of ketones is 1. The van der Waals surface area contributed by atoms with Crippen molar-refractivity contribution in [3.8, 4) is 0 Å². The molecule has 1 unspecified atom stereocenters. The summed E-state index contributed by atoms with van der Waals surface area (Å²) < 4.78 is 0.651. The summed E-state index contributed by atoms with van der Waals surface area (Å²) in [5.74, 6) is -1.19. The summed E-state index contributed by atoms with van der Waals surface area (Å²) in [6.45, 7) is 1.61. The summed E-state index contributed by atoms with van der Waals surface area (Å²) >= 11 is 8.98. The maximum atomic E-state index is 11.6. The molecule has 0 aliphatic heterocycles. The molecular weight excluding hydrogens is 307 g/mol. The molecule has 3 nitrogen and oxygen atoms in total. The lowest BCUT2D eigenvalue weighted by Gasteiger charge is -2.05. The highest BCUT2D eigenvalue weighted by Gasteiger charge is 2.13. The van der Waals surface area contributed by atoms with E-state index >= 15 is 0 Å². The van der Waals surface area contributed by atoms with Crippen molar-refractivity contribution in [2.75, 3.05) is 0 Å². The maximum Gasteiger partial charge on any atom is 0.328 e. The van der Waals surface area contributed by atoms with Gasteiger partial charge >= 0.3 is 5.97 Å². The van der Waals surface area contributed by atoms with Gasteiger partial charge in [-0.1, -0.05) is 28.1 Å². The summed E-state index contributed by atoms with van der Waals surface area (Å²) in [7, 11) is 0. The number of benzene rings is 1. The number of rotatable bonds is 4. The number of alkyl halides is 1. The van der Waals surface area contributed by atoms with Gasteiger partial charge in [-0.3, -0.25) is 4.79 Å². The lowest BCUT2D eigenvalue weighted by molar-refractivity contribution is -0.131. The van der Waals surface area contributed by atoms with Gasteiger partial charge in [-0.05, 0) is 24.6 Å². The van der Waals surface area contributed by atoms with Crippen LogP contribution in [0.3, 0.4) is 0 Å². The molecule has 90 valence electrons. The number of halogens is 2. The van der Waals surface area contributed by atoms with E-state index in [1.165, 1.54) is 6.08 Å². The van der Waals surface area contributed by atoms with Crippen LogP contribution in [0.2, 0.25) is 0 Å². The quantitative estimate of drug-likeness (QED) is 0.526. The second-order valence-electron chi connectivity index (χ2n) is 3.39. The van der Waals surface area contributed by atoms with E-state index in [4.69, 9.17) is 16.7 Å². The van der Waals surface area contributed by atoms with E-state index in [1.807, 2.05) is 0 Å². The topological polar surface area (TPSA) is 54.4 Å². The lowest BCUT2D eigenvalue weighted by Crippen LogP contribution is -2.10. The minimum atomic E-state index is -1.02. The van der Waals surface area contributed by atoms with Crippen molar-refractivity contribution in [3.63, 3.8) is 0 Å². The molecule has 1 aromatic carbocycles. The molecule has 0 amide bonds. The summed E-state index contributed by atoms with van der Waals surface area (Å²) in [5, 5.41) is 7.93. The minimum absolute atomic E-state index is 0.166. The van der Waals surface area contributed by atoms with Crippen LogP contribution < -0.4 is 0 Å². The van der Waals surface area contributed by atoms with Gasteiger partial charge in [0, 0.05) is 16.1 Å². The van der Waals surface area contributed by atoms with Crippen molar-refractivity contribution >= 4 is 45.4 Å². The van der Waals surface area contributed by atoms with Gasteiger partial charge in [0.1, 0.15) is 0 Å². The Kier molecular flexibility index (Phi) is 4.90. The maximum absolute atomic E-state index is 11.6. The zero-order chi connectivity index (χ0) is 13.0. The van der Waals surface area contributed by atoms with Crippen LogP contribution in [0.1, 0.15) is 22.8 Å². The number of hydrogen-bond acceptors (Lipinski definition) is 2. The van der Waals surface area contributed by atoms with Crippen LogP contribution in [0, 0.1) is 0 Å². The van der Waals surface area contributed by atoms with Crippen molar-refractivity contribution in [2.24, 2.45) is 0 Å². The number of carbonyl (C=O) groups is 2. The Hall–Kier alpha value is -1.13. The van der Waals surface area contributed by atoms with E-state index in [9.17, 15) is 9.59 Å². The van der Waals surface area contributed by atoms with Crippen LogP contribution in [0.15, 0.2) is 28.7 Å². The molecule has 0 aromatic heterocycles. The van der Waals surface area contributed by atoms with Crippen LogP contribution in [0.25, 0.3) is 6.08 Å². The van der Waals surface area contributed by atoms with Crippen LogP contribution in [0.4, 0.5) is 0 Å². The molecule has 5 heteroatoms. The molecule has 17 heavy (non-hydrogen) atoms. The number of aliphatic carboxylic acids is 1. The highest BCUT2D eigenvalue weighted by molar-refractivity contribution is 9.10. The standard InChI is InChI=1S/C12H10BrClO3/c1-7(14)12(17)9-3-2-8(10(13)6-9)4-5-11(15)16/h2-7H,1H3,(H,15,16)/b5-4+. The molecular formula is C12H10BrClO3. The highest BCUT2D eigenvalue weighted by atomic mass is 79.9. The molecule has 0 aliphatic rings. The predicted octanol–water partition coefficient (Wildman–Crippen LogP) is 3.36. The fourth-order valence-corrected chi connectivity index (χ4v) is 1.84. The Morgan fingerprint density at radius 3 is 2.59 bits per heavy atom. The largest absolute Gasteiger partial charge is 0.478 e. The summed E-state index contributed by atoms with van der Waals surface area (Å²) in [4.78, 5) is 22.0. The van der Waals surface area contributed by atoms with Crippen molar-refractivity contribution in [3.05, 3.63) is 39.9 Å². The van der Waals surface area contributed by atoms with Gasteiger partial charge in [0.25, 0.3) is 0 Å². The Bertz CT molecular complexity index is 481. The fraction of sp³-hybridized carbons (Fsp3) is 0.167. The van der Waals surface area contributed by atoms with Crippen LogP contribution in [0.5, 0.6) is 0 Å². The lowest BCUT2D eigenvalue weighted by atomic mass is 10.1. The minimum Gasteiger partial charge on any atom is -0.478 e. The smallest absolute Gasteiger partial charge is 0.328 e. The number of carboxylic acid groups (broad SMARTS) is 1. The molecule has 1 aromatic rings. The molecule has 0 radical (unpaired) electrons. The SMILES string of the molecule is CC(Cl)C(=O)c1ccc(/C=C/C(=O)O)c(Br)c1. The summed E-state index contributed by atoms with van der Waals surface area (Å²) in [6, 6.07) is 4.91. The van der Waals surface area contributed by atoms with Gasteiger partial charge in [0.2, 0.25) is 0 Å². The number of Topliss-reactive ketones (excluding diaryl/α,β-unsaturated/α-hetero) is 1. The van der Waals surface area contributed by atoms with Gasteiger partial charge in [-0.25, -0.2) is 4.79 Å². The first-order chi connectivity index (χ1) is 7.91. The third-order valence-electron chi connectivity index (χ3n) is 2.05. The Balaban J connectivity index is 3.02. The normalized spacial score (nSPS) is 12.6. The second-order valence-corrected chi connectivity index (χ2v) is 4.90. The molecule has 1 N–H and O–H groups in total. The van der Waals surface area contributed by atoms with E-state index in [0.29, 0.717) is 15.6 Å². The molecule has 0 heterocycles. The van der Waals surface area contributed by atoms with Crippen molar-refractivity contribution in [1.82, 2.24) is 0 Å². The highest BCUT2D eigenvalue weighted by Crippen LogP contribution is 2.21. The molecule has 0 spiro atoms. The van der Waals surface area contributed by atoms with Crippen LogP contribution in [-0.2, 0) is 4.79 Å². The first-order valence-electron chi connectivity index (χ1n) is 4.80. The Labute approximate surface area is 112 Å². The van der Waals surface area contributed by atoms with Crippen molar-refractivity contribution < 1.29 is 14.7 Å². The Morgan fingerprint density at radius 1 is 1.47 bits per heavy atom. The second kappa shape index (κ2) is 5.98. The number of carbonyl (C=O) groups excluding carboxylic acids is 1. The molecule has 1 atom stereocenters. The first kappa shape index (κ1) is 13.9. The number of hydrogen-bond donors (Lipinski definition) is 1. The van der Waals surface area contributed by atoms with Crippen molar-refractivity contribution in [2.45, 2.75) is 12.3 Å². The van der Waals surface area contributed by atoms with Gasteiger partial charge < -0.3 is 5.11 Å². The van der Waals surface area contributed by atoms with E-state index in [-0.39, 0.29) is 5.78 Å². The number of carboxylic acids is 1.